The molecule has 0 amide bonds. The molecule has 1 aromatic carbocycles. The number of anilines is 1. The maximum absolute atomic E-state index is 9.85. The number of nitrogens with one attached hydrogen (secondary N) is 2. The van der Waals surface area contributed by atoms with Crippen LogP contribution in [0.4, 0.5) is 5.82 Å². The van der Waals surface area contributed by atoms with Crippen molar-refractivity contribution in [1.29, 1.82) is 0 Å². The van der Waals surface area contributed by atoms with Gasteiger partial charge in [-0.3, -0.25) is 0 Å². The van der Waals surface area contributed by atoms with Crippen LogP contribution < -0.4 is 10.1 Å². The quantitative estimate of drug-likeness (QED) is 0.524. The predicted molar refractivity (Wildman–Crippen MR) is 113 cm³/mol. The summed E-state index contributed by atoms with van der Waals surface area (Å²) in [4.78, 5) is 11.9. The van der Waals surface area contributed by atoms with E-state index < -0.39 is 6.10 Å². The first-order valence-corrected chi connectivity index (χ1v) is 10.4. The highest BCUT2D eigenvalue weighted by atomic mass is 35.5. The molecule has 0 bridgehead atoms. The average Bonchev–Trinajstić information content (AvgIpc) is 3.39. The van der Waals surface area contributed by atoms with Crippen molar-refractivity contribution in [3.05, 3.63) is 44.9 Å². The fourth-order valence-electron chi connectivity index (χ4n) is 3.64. The molecule has 5 rings (SSSR count). The molecule has 2 saturated heterocycles. The van der Waals surface area contributed by atoms with Crippen molar-refractivity contribution in [3.8, 4) is 6.01 Å². The van der Waals surface area contributed by atoms with Crippen molar-refractivity contribution in [2.24, 2.45) is 0 Å². The van der Waals surface area contributed by atoms with Gasteiger partial charge in [0.05, 0.1) is 23.8 Å². The van der Waals surface area contributed by atoms with Crippen molar-refractivity contribution in [2.75, 3.05) is 18.5 Å². The van der Waals surface area contributed by atoms with Crippen LogP contribution in [0.15, 0.2) is 24.3 Å². The number of imidazole rings is 1. The third kappa shape index (κ3) is 3.68. The Morgan fingerprint density at radius 1 is 1.10 bits per heavy atom. The van der Waals surface area contributed by atoms with E-state index in [-0.39, 0.29) is 30.9 Å². The number of hydrogen-bond acceptors (Lipinski definition) is 7. The summed E-state index contributed by atoms with van der Waals surface area (Å²) in [6, 6.07) is 7.31. The van der Waals surface area contributed by atoms with Crippen molar-refractivity contribution in [1.82, 2.24) is 15.0 Å². The lowest BCUT2D eigenvalue weighted by atomic mass is 10.1. The molecular weight excluding hydrogens is 455 g/mol. The molecule has 0 aliphatic carbocycles. The van der Waals surface area contributed by atoms with Crippen molar-refractivity contribution < 1.29 is 19.3 Å². The Morgan fingerprint density at radius 3 is 2.67 bits per heavy atom. The van der Waals surface area contributed by atoms with E-state index in [4.69, 9.17) is 49.0 Å². The van der Waals surface area contributed by atoms with Crippen molar-refractivity contribution in [2.45, 2.75) is 31.0 Å². The van der Waals surface area contributed by atoms with Gasteiger partial charge in [-0.15, -0.1) is 0 Å². The summed E-state index contributed by atoms with van der Waals surface area (Å²) >= 11 is 18.8. The first kappa shape index (κ1) is 20.1. The molecule has 158 valence electrons. The highest BCUT2D eigenvalue weighted by molar-refractivity contribution is 6.36. The van der Waals surface area contributed by atoms with E-state index in [0.717, 1.165) is 5.56 Å². The smallest absolute Gasteiger partial charge is 0.296 e. The Balaban J connectivity index is 1.33. The second kappa shape index (κ2) is 8.03. The van der Waals surface area contributed by atoms with Crippen LogP contribution in [0.3, 0.4) is 0 Å². The molecule has 1 unspecified atom stereocenters. The lowest BCUT2D eigenvalue weighted by molar-refractivity contribution is 0.00706. The van der Waals surface area contributed by atoms with E-state index in [1.165, 1.54) is 0 Å². The van der Waals surface area contributed by atoms with Gasteiger partial charge in [-0.1, -0.05) is 40.9 Å². The largest absolute Gasteiger partial charge is 0.456 e. The molecule has 2 aliphatic rings. The Bertz CT molecular complexity index is 1070. The maximum Gasteiger partial charge on any atom is 0.296 e. The van der Waals surface area contributed by atoms with E-state index in [1.54, 1.807) is 24.3 Å². The van der Waals surface area contributed by atoms with Crippen LogP contribution in [-0.2, 0) is 16.0 Å². The van der Waals surface area contributed by atoms with Gasteiger partial charge in [0.2, 0.25) is 0 Å². The molecule has 2 fully saturated rings. The second-order valence-corrected chi connectivity index (χ2v) is 8.33. The van der Waals surface area contributed by atoms with Crippen LogP contribution in [0.5, 0.6) is 6.01 Å². The van der Waals surface area contributed by atoms with Gasteiger partial charge in [0.15, 0.2) is 11.8 Å². The van der Waals surface area contributed by atoms with Gasteiger partial charge in [0, 0.05) is 22.2 Å². The average molecular weight is 472 g/mol. The summed E-state index contributed by atoms with van der Waals surface area (Å²) in [7, 11) is 0. The van der Waals surface area contributed by atoms with Crippen LogP contribution in [0.2, 0.25) is 15.1 Å². The number of aliphatic hydroxyl groups is 1. The first-order chi connectivity index (χ1) is 14.5. The molecule has 8 nitrogen and oxygen atoms in total. The first-order valence-electron chi connectivity index (χ1n) is 9.30. The molecule has 4 atom stereocenters. The zero-order chi connectivity index (χ0) is 20.8. The monoisotopic (exact) mass is 470 g/mol. The molecule has 0 radical (unpaired) electrons. The summed E-state index contributed by atoms with van der Waals surface area (Å²) < 4.78 is 17.0. The zero-order valence-corrected chi connectivity index (χ0v) is 17.7. The van der Waals surface area contributed by atoms with E-state index in [1.807, 2.05) is 0 Å². The van der Waals surface area contributed by atoms with E-state index >= 15 is 0 Å². The number of ether oxygens (including phenoxy) is 3. The van der Waals surface area contributed by atoms with Crippen LogP contribution in [0, 0.1) is 0 Å². The van der Waals surface area contributed by atoms with Gasteiger partial charge >= 0.3 is 0 Å². The second-order valence-electron chi connectivity index (χ2n) is 7.11. The summed E-state index contributed by atoms with van der Waals surface area (Å²) in [5.74, 6) is 0.449. The summed E-state index contributed by atoms with van der Waals surface area (Å²) in [6.45, 7) is 0.895. The molecule has 11 heteroatoms. The lowest BCUT2D eigenvalue weighted by Crippen LogP contribution is -2.34. The molecular formula is C19H17Cl3N4O4. The van der Waals surface area contributed by atoms with E-state index in [2.05, 4.69) is 20.3 Å². The third-order valence-corrected chi connectivity index (χ3v) is 6.14. The van der Waals surface area contributed by atoms with Gasteiger partial charge in [-0.2, -0.15) is 4.98 Å². The highest BCUT2D eigenvalue weighted by Crippen LogP contribution is 2.31. The van der Waals surface area contributed by atoms with Crippen LogP contribution in [0.25, 0.3) is 11.2 Å². The summed E-state index contributed by atoms with van der Waals surface area (Å²) in [6.07, 6.45) is -1.72. The molecule has 30 heavy (non-hydrogen) atoms. The number of rotatable bonds is 5. The van der Waals surface area contributed by atoms with Gasteiger partial charge in [0.1, 0.15) is 24.1 Å². The van der Waals surface area contributed by atoms with E-state index in [9.17, 15) is 5.11 Å². The molecule has 0 spiro atoms. The highest BCUT2D eigenvalue weighted by Gasteiger charge is 2.48. The zero-order valence-electron chi connectivity index (χ0n) is 15.4. The SMILES string of the molecule is O[C@@H]1CO[C@H]2C1OC[C@H]2Oc1nc2nc(NCc3c(Cl)cccc3Cl)c(Cl)cc2[nH]1. The summed E-state index contributed by atoms with van der Waals surface area (Å²) in [5, 5.41) is 14.5. The molecule has 0 saturated carbocycles. The number of aromatic nitrogens is 3. The van der Waals surface area contributed by atoms with Crippen LogP contribution in [-0.4, -0.2) is 57.7 Å². The number of hydrogen-bond donors (Lipinski definition) is 3. The number of aromatic amines is 1. The van der Waals surface area contributed by atoms with Gasteiger partial charge in [-0.25, -0.2) is 4.98 Å². The molecule has 4 heterocycles. The minimum atomic E-state index is -0.639. The number of fused-ring (bicyclic) bond motifs is 2. The van der Waals surface area contributed by atoms with Crippen LogP contribution >= 0.6 is 34.8 Å². The summed E-state index contributed by atoms with van der Waals surface area (Å²) in [5.41, 5.74) is 1.81. The normalized spacial score (nSPS) is 25.6. The van der Waals surface area contributed by atoms with Gasteiger partial charge in [-0.05, 0) is 18.2 Å². The number of H-pyrrole nitrogens is 1. The molecule has 2 aromatic heterocycles. The number of aliphatic hydroxyl groups excluding tert-OH is 1. The fourth-order valence-corrected chi connectivity index (χ4v) is 4.39. The number of pyridine rings is 1. The minimum Gasteiger partial charge on any atom is -0.456 e. The molecule has 3 aromatic rings. The van der Waals surface area contributed by atoms with Crippen molar-refractivity contribution >= 4 is 51.8 Å². The Labute approximate surface area is 186 Å². The van der Waals surface area contributed by atoms with E-state index in [0.29, 0.717) is 45.2 Å². The number of nitrogens with zero attached hydrogens (tertiary/aromatic N) is 2. The Morgan fingerprint density at radius 2 is 1.87 bits per heavy atom. The topological polar surface area (TPSA) is 102 Å². The molecule has 3 N–H and O–H groups in total. The van der Waals surface area contributed by atoms with Gasteiger partial charge in [0.25, 0.3) is 6.01 Å². The molecule has 2 aliphatic heterocycles. The number of benzene rings is 1. The Kier molecular flexibility index (Phi) is 5.38. The third-order valence-electron chi connectivity index (χ3n) is 5.14. The standard InChI is InChI=1S/C19H17Cl3N4O4/c20-9-2-1-3-10(21)8(9)5-23-17-11(22)4-12-18(25-17)26-19(24-12)30-14-7-29-15-13(27)6-28-16(14)15/h1-4,13-16,27H,5-7H2,(H2,23,24,25,26)/t13-,14-,15?,16-/m1/s1. The van der Waals surface area contributed by atoms with Crippen molar-refractivity contribution in [3.63, 3.8) is 0 Å². The lowest BCUT2D eigenvalue weighted by Gasteiger charge is -2.15. The van der Waals surface area contributed by atoms with Crippen LogP contribution in [0.1, 0.15) is 5.56 Å². The Hall–Kier alpha value is -1.81. The number of halogens is 3. The predicted octanol–water partition coefficient (Wildman–Crippen LogP) is 3.44. The van der Waals surface area contributed by atoms with Gasteiger partial charge < -0.3 is 29.6 Å². The minimum absolute atomic E-state index is 0.233. The fraction of sp³-hybridized carbons (Fsp3) is 0.368. The maximum atomic E-state index is 9.85.